The van der Waals surface area contributed by atoms with Crippen LogP contribution in [0.25, 0.3) is 0 Å². The smallest absolute Gasteiger partial charge is 0.422 e. The highest BCUT2D eigenvalue weighted by molar-refractivity contribution is 5.64. The van der Waals surface area contributed by atoms with E-state index in [2.05, 4.69) is 5.43 Å². The first-order valence-corrected chi connectivity index (χ1v) is 5.70. The van der Waals surface area contributed by atoms with E-state index in [1.54, 1.807) is 0 Å². The molecule has 0 spiro atoms. The highest BCUT2D eigenvalue weighted by Gasteiger charge is 2.28. The predicted molar refractivity (Wildman–Crippen MR) is 59.6 cm³/mol. The number of nitrogens with one attached hydrogen (secondary N) is 1. The Kier molecular flexibility index (Phi) is 3.97. The van der Waals surface area contributed by atoms with E-state index in [1.807, 2.05) is 20.8 Å². The third-order valence-corrected chi connectivity index (χ3v) is 2.60. The zero-order valence-electron chi connectivity index (χ0n) is 9.92. The molecule has 0 heterocycles. The first-order chi connectivity index (χ1) is 6.90. The zero-order valence-corrected chi connectivity index (χ0v) is 9.92. The van der Waals surface area contributed by atoms with E-state index in [0.717, 1.165) is 25.7 Å². The number of rotatable bonds is 2. The Labute approximate surface area is 91.6 Å². The average Bonchev–Trinajstić information content (AvgIpc) is 2.14. The minimum absolute atomic E-state index is 0.149. The Hall–Kier alpha value is -0.770. The molecule has 1 amide bonds. The number of hydrogen-bond acceptors (Lipinski definition) is 2. The molecular weight excluding hydrogens is 192 g/mol. The van der Waals surface area contributed by atoms with Crippen LogP contribution in [-0.4, -0.2) is 27.8 Å². The molecule has 0 bridgehead atoms. The first kappa shape index (κ1) is 12.3. The van der Waals surface area contributed by atoms with Gasteiger partial charge in [-0.15, -0.1) is 0 Å². The second-order valence-corrected chi connectivity index (χ2v) is 5.31. The van der Waals surface area contributed by atoms with Crippen molar-refractivity contribution >= 4 is 6.09 Å². The van der Waals surface area contributed by atoms with Crippen molar-refractivity contribution in [3.63, 3.8) is 0 Å². The standard InChI is InChI=1S/C11H22N2O2/c1-11(2,3)12-13(10(14)15)9-7-5-4-6-8-9/h9,12H,4-8H2,1-3H3,(H,14,15). The summed E-state index contributed by atoms with van der Waals surface area (Å²) >= 11 is 0. The van der Waals surface area contributed by atoms with Gasteiger partial charge in [0.15, 0.2) is 0 Å². The number of nitrogens with zero attached hydrogens (tertiary/aromatic N) is 1. The fraction of sp³-hybridized carbons (Fsp3) is 0.909. The Morgan fingerprint density at radius 2 is 1.80 bits per heavy atom. The molecule has 1 aliphatic carbocycles. The maximum atomic E-state index is 11.1. The van der Waals surface area contributed by atoms with Gasteiger partial charge in [-0.3, -0.25) is 0 Å². The van der Waals surface area contributed by atoms with E-state index in [0.29, 0.717) is 0 Å². The van der Waals surface area contributed by atoms with Crippen LogP contribution in [0.4, 0.5) is 4.79 Å². The number of carbonyl (C=O) groups is 1. The third-order valence-electron chi connectivity index (χ3n) is 2.60. The Morgan fingerprint density at radius 3 is 2.20 bits per heavy atom. The molecule has 0 saturated heterocycles. The summed E-state index contributed by atoms with van der Waals surface area (Å²) in [6, 6.07) is 0.149. The minimum Gasteiger partial charge on any atom is -0.464 e. The van der Waals surface area contributed by atoms with E-state index in [4.69, 9.17) is 5.11 Å². The van der Waals surface area contributed by atoms with Crippen molar-refractivity contribution in [2.24, 2.45) is 0 Å². The SMILES string of the molecule is CC(C)(C)NN(C(=O)O)C1CCCCC1. The van der Waals surface area contributed by atoms with Crippen molar-refractivity contribution in [2.75, 3.05) is 0 Å². The van der Waals surface area contributed by atoms with Gasteiger partial charge in [0.05, 0.1) is 6.04 Å². The van der Waals surface area contributed by atoms with Gasteiger partial charge in [-0.1, -0.05) is 19.3 Å². The van der Waals surface area contributed by atoms with Crippen LogP contribution in [0, 0.1) is 0 Å². The maximum absolute atomic E-state index is 11.1. The van der Waals surface area contributed by atoms with Crippen molar-refractivity contribution < 1.29 is 9.90 Å². The van der Waals surface area contributed by atoms with Gasteiger partial charge < -0.3 is 5.11 Å². The van der Waals surface area contributed by atoms with E-state index in [-0.39, 0.29) is 11.6 Å². The lowest BCUT2D eigenvalue weighted by Gasteiger charge is -2.37. The van der Waals surface area contributed by atoms with Crippen LogP contribution in [0.1, 0.15) is 52.9 Å². The zero-order chi connectivity index (χ0) is 11.5. The lowest BCUT2D eigenvalue weighted by Crippen LogP contribution is -2.56. The molecule has 1 rings (SSSR count). The van der Waals surface area contributed by atoms with Crippen LogP contribution in [-0.2, 0) is 0 Å². The highest BCUT2D eigenvalue weighted by atomic mass is 16.4. The molecule has 0 aliphatic heterocycles. The van der Waals surface area contributed by atoms with E-state index >= 15 is 0 Å². The quantitative estimate of drug-likeness (QED) is 0.695. The van der Waals surface area contributed by atoms with E-state index in [9.17, 15) is 4.79 Å². The molecule has 0 aromatic heterocycles. The van der Waals surface area contributed by atoms with Crippen LogP contribution < -0.4 is 5.43 Å². The topological polar surface area (TPSA) is 52.6 Å². The lowest BCUT2D eigenvalue weighted by atomic mass is 9.95. The lowest BCUT2D eigenvalue weighted by molar-refractivity contribution is 0.0535. The van der Waals surface area contributed by atoms with Gasteiger partial charge in [-0.2, -0.15) is 0 Å². The van der Waals surface area contributed by atoms with Crippen molar-refractivity contribution in [3.8, 4) is 0 Å². The summed E-state index contributed by atoms with van der Waals surface area (Å²) in [6.45, 7) is 5.93. The van der Waals surface area contributed by atoms with Crippen molar-refractivity contribution in [1.29, 1.82) is 0 Å². The van der Waals surface area contributed by atoms with Gasteiger partial charge in [0, 0.05) is 5.54 Å². The fourth-order valence-corrected chi connectivity index (χ4v) is 2.00. The summed E-state index contributed by atoms with van der Waals surface area (Å²) in [5, 5.41) is 10.6. The molecule has 0 atom stereocenters. The number of carboxylic acid groups (broad SMARTS) is 1. The summed E-state index contributed by atoms with van der Waals surface area (Å²) in [5.74, 6) is 0. The highest BCUT2D eigenvalue weighted by Crippen LogP contribution is 2.22. The summed E-state index contributed by atoms with van der Waals surface area (Å²) in [6.07, 6.45) is 4.61. The summed E-state index contributed by atoms with van der Waals surface area (Å²) in [5.41, 5.74) is 2.86. The van der Waals surface area contributed by atoms with Crippen LogP contribution in [0.15, 0.2) is 0 Å². The molecule has 4 nitrogen and oxygen atoms in total. The molecule has 0 radical (unpaired) electrons. The predicted octanol–water partition coefficient (Wildman–Crippen LogP) is 2.60. The number of hydrogen-bond donors (Lipinski definition) is 2. The summed E-state index contributed by atoms with van der Waals surface area (Å²) < 4.78 is 0. The van der Waals surface area contributed by atoms with Crippen molar-refractivity contribution in [1.82, 2.24) is 10.4 Å². The fourth-order valence-electron chi connectivity index (χ4n) is 2.00. The molecule has 88 valence electrons. The minimum atomic E-state index is -0.864. The molecule has 0 aromatic rings. The van der Waals surface area contributed by atoms with Crippen LogP contribution >= 0.6 is 0 Å². The third kappa shape index (κ3) is 4.08. The monoisotopic (exact) mass is 214 g/mol. The van der Waals surface area contributed by atoms with Crippen LogP contribution in [0.5, 0.6) is 0 Å². The molecule has 2 N–H and O–H groups in total. The molecule has 1 saturated carbocycles. The molecular formula is C11H22N2O2. The Bertz CT molecular complexity index is 217. The average molecular weight is 214 g/mol. The normalized spacial score (nSPS) is 18.9. The van der Waals surface area contributed by atoms with E-state index < -0.39 is 6.09 Å². The van der Waals surface area contributed by atoms with Crippen LogP contribution in [0.3, 0.4) is 0 Å². The van der Waals surface area contributed by atoms with Crippen molar-refractivity contribution in [2.45, 2.75) is 64.5 Å². The molecule has 0 unspecified atom stereocenters. The largest absolute Gasteiger partial charge is 0.464 e. The maximum Gasteiger partial charge on any atom is 0.422 e. The summed E-state index contributed by atoms with van der Waals surface area (Å²) in [7, 11) is 0. The molecule has 1 fully saturated rings. The van der Waals surface area contributed by atoms with Gasteiger partial charge in [0.25, 0.3) is 0 Å². The number of hydrazine groups is 1. The number of amides is 1. The van der Waals surface area contributed by atoms with Gasteiger partial charge in [0.1, 0.15) is 0 Å². The van der Waals surface area contributed by atoms with Gasteiger partial charge in [-0.05, 0) is 33.6 Å². The van der Waals surface area contributed by atoms with Gasteiger partial charge >= 0.3 is 6.09 Å². The van der Waals surface area contributed by atoms with Gasteiger partial charge in [0.2, 0.25) is 0 Å². The Balaban J connectivity index is 2.60. The molecule has 15 heavy (non-hydrogen) atoms. The molecule has 1 aliphatic rings. The van der Waals surface area contributed by atoms with Gasteiger partial charge in [-0.25, -0.2) is 15.2 Å². The second-order valence-electron chi connectivity index (χ2n) is 5.31. The van der Waals surface area contributed by atoms with Crippen molar-refractivity contribution in [3.05, 3.63) is 0 Å². The van der Waals surface area contributed by atoms with Crippen LogP contribution in [0.2, 0.25) is 0 Å². The first-order valence-electron chi connectivity index (χ1n) is 5.70. The van der Waals surface area contributed by atoms with E-state index in [1.165, 1.54) is 11.4 Å². The molecule has 0 aromatic carbocycles. The Morgan fingerprint density at radius 1 is 1.27 bits per heavy atom. The second kappa shape index (κ2) is 4.84. The molecule has 4 heteroatoms. The summed E-state index contributed by atoms with van der Waals surface area (Å²) in [4.78, 5) is 11.1.